The molecule has 0 atom stereocenters. The molecule has 0 heterocycles. The predicted molar refractivity (Wildman–Crippen MR) is 83.2 cm³/mol. The minimum Gasteiger partial charge on any atom is -0.383 e. The molecule has 0 radical (unpaired) electrons. The zero-order valence-corrected chi connectivity index (χ0v) is 14.3. The number of nitrogens with one attached hydrogen (secondary N) is 2. The Kier molecular flexibility index (Phi) is 7.11. The molecule has 114 valence electrons. The quantitative estimate of drug-likeness (QED) is 0.691. The van der Waals surface area contributed by atoms with Crippen molar-refractivity contribution in [2.45, 2.75) is 31.3 Å². The molecule has 0 bridgehead atoms. The molecule has 0 amide bonds. The number of rotatable bonds is 8. The molecule has 2 N–H and O–H groups in total. The molecule has 0 saturated heterocycles. The van der Waals surface area contributed by atoms with E-state index >= 15 is 0 Å². The summed E-state index contributed by atoms with van der Waals surface area (Å²) in [5.74, 6) is 0. The van der Waals surface area contributed by atoms with Crippen LogP contribution in [0.1, 0.15) is 19.4 Å². The van der Waals surface area contributed by atoms with Crippen LogP contribution in [-0.2, 0) is 21.3 Å². The molecule has 7 heteroatoms. The SMILES string of the molecule is COCCNS(=O)(=O)c1cc(CNC(C)C)ccc1Br. The molecular weight excluding hydrogens is 344 g/mol. The molecule has 0 fully saturated rings. The highest BCUT2D eigenvalue weighted by atomic mass is 79.9. The molecule has 0 aromatic heterocycles. The van der Waals surface area contributed by atoms with Crippen molar-refractivity contribution >= 4 is 26.0 Å². The van der Waals surface area contributed by atoms with Gasteiger partial charge in [0, 0.05) is 30.7 Å². The van der Waals surface area contributed by atoms with E-state index in [0.717, 1.165) is 5.56 Å². The summed E-state index contributed by atoms with van der Waals surface area (Å²) in [7, 11) is -2.00. The Morgan fingerprint density at radius 1 is 1.35 bits per heavy atom. The molecular formula is C13H21BrN2O3S. The van der Waals surface area contributed by atoms with Gasteiger partial charge in [0.05, 0.1) is 11.5 Å². The lowest BCUT2D eigenvalue weighted by Crippen LogP contribution is -2.28. The summed E-state index contributed by atoms with van der Waals surface area (Å²) in [6, 6.07) is 5.67. The van der Waals surface area contributed by atoms with Crippen molar-refractivity contribution in [3.05, 3.63) is 28.2 Å². The maximum absolute atomic E-state index is 12.2. The Morgan fingerprint density at radius 3 is 2.65 bits per heavy atom. The highest BCUT2D eigenvalue weighted by Gasteiger charge is 2.17. The fourth-order valence-corrected chi connectivity index (χ4v) is 3.57. The first-order valence-electron chi connectivity index (χ1n) is 6.37. The van der Waals surface area contributed by atoms with E-state index in [4.69, 9.17) is 4.74 Å². The summed E-state index contributed by atoms with van der Waals surface area (Å²) < 4.78 is 32.3. The van der Waals surface area contributed by atoms with Crippen molar-refractivity contribution in [2.24, 2.45) is 0 Å². The Labute approximate surface area is 129 Å². The second-order valence-corrected chi connectivity index (χ2v) is 7.28. The maximum atomic E-state index is 12.2. The van der Waals surface area contributed by atoms with Gasteiger partial charge in [-0.15, -0.1) is 0 Å². The fourth-order valence-electron chi connectivity index (χ4n) is 1.54. The summed E-state index contributed by atoms with van der Waals surface area (Å²) in [4.78, 5) is 0.247. The van der Waals surface area contributed by atoms with Crippen LogP contribution < -0.4 is 10.0 Å². The smallest absolute Gasteiger partial charge is 0.241 e. The van der Waals surface area contributed by atoms with Crippen molar-refractivity contribution in [3.63, 3.8) is 0 Å². The third-order valence-electron chi connectivity index (χ3n) is 2.60. The van der Waals surface area contributed by atoms with Gasteiger partial charge in [-0.1, -0.05) is 19.9 Å². The molecule has 1 aromatic rings. The monoisotopic (exact) mass is 364 g/mol. The van der Waals surface area contributed by atoms with Gasteiger partial charge in [0.2, 0.25) is 10.0 Å². The number of methoxy groups -OCH3 is 1. The van der Waals surface area contributed by atoms with Crippen LogP contribution in [0.15, 0.2) is 27.6 Å². The first kappa shape index (κ1) is 17.6. The largest absolute Gasteiger partial charge is 0.383 e. The van der Waals surface area contributed by atoms with Gasteiger partial charge in [-0.25, -0.2) is 13.1 Å². The molecule has 0 spiro atoms. The molecule has 0 unspecified atom stereocenters. The Balaban J connectivity index is 2.89. The lowest BCUT2D eigenvalue weighted by atomic mass is 10.2. The molecule has 5 nitrogen and oxygen atoms in total. The van der Waals surface area contributed by atoms with Gasteiger partial charge >= 0.3 is 0 Å². The topological polar surface area (TPSA) is 67.4 Å². The van der Waals surface area contributed by atoms with Gasteiger partial charge in [0.25, 0.3) is 0 Å². The van der Waals surface area contributed by atoms with Crippen molar-refractivity contribution in [1.29, 1.82) is 0 Å². The van der Waals surface area contributed by atoms with E-state index in [0.29, 0.717) is 23.7 Å². The first-order chi connectivity index (χ1) is 9.36. The van der Waals surface area contributed by atoms with Crippen LogP contribution >= 0.6 is 15.9 Å². The van der Waals surface area contributed by atoms with Gasteiger partial charge in [-0.2, -0.15) is 0 Å². The summed E-state index contributed by atoms with van der Waals surface area (Å²) in [5.41, 5.74) is 0.925. The molecule has 0 aliphatic heterocycles. The highest BCUT2D eigenvalue weighted by Crippen LogP contribution is 2.23. The van der Waals surface area contributed by atoms with Gasteiger partial charge in [-0.3, -0.25) is 0 Å². The number of hydrogen-bond donors (Lipinski definition) is 2. The zero-order valence-electron chi connectivity index (χ0n) is 11.9. The van der Waals surface area contributed by atoms with Crippen LogP contribution in [-0.4, -0.2) is 34.7 Å². The summed E-state index contributed by atoms with van der Waals surface area (Å²) in [6.45, 7) is 5.31. The molecule has 1 rings (SSSR count). The Hall–Kier alpha value is -0.470. The molecule has 0 aliphatic rings. The average Bonchev–Trinajstić information content (AvgIpc) is 2.37. The normalized spacial score (nSPS) is 12.1. The zero-order chi connectivity index (χ0) is 15.2. The standard InChI is InChI=1S/C13H21BrN2O3S/c1-10(2)15-9-11-4-5-12(14)13(8-11)20(17,18)16-6-7-19-3/h4-5,8,10,15-16H,6-7,9H2,1-3H3. The van der Waals surface area contributed by atoms with Crippen LogP contribution in [0, 0.1) is 0 Å². The highest BCUT2D eigenvalue weighted by molar-refractivity contribution is 9.10. The van der Waals surface area contributed by atoms with Gasteiger partial charge in [0.15, 0.2) is 0 Å². The van der Waals surface area contributed by atoms with E-state index in [1.807, 2.05) is 19.9 Å². The van der Waals surface area contributed by atoms with E-state index in [1.165, 1.54) is 7.11 Å². The summed E-state index contributed by atoms with van der Waals surface area (Å²) >= 11 is 3.28. The van der Waals surface area contributed by atoms with Gasteiger partial charge in [-0.05, 0) is 33.6 Å². The van der Waals surface area contributed by atoms with Crippen LogP contribution in [0.3, 0.4) is 0 Å². The van der Waals surface area contributed by atoms with E-state index in [2.05, 4.69) is 26.0 Å². The first-order valence-corrected chi connectivity index (χ1v) is 8.65. The second-order valence-electron chi connectivity index (χ2n) is 4.69. The van der Waals surface area contributed by atoms with E-state index in [9.17, 15) is 8.42 Å². The van der Waals surface area contributed by atoms with Crippen LogP contribution in [0.4, 0.5) is 0 Å². The fraction of sp³-hybridized carbons (Fsp3) is 0.538. The third-order valence-corrected chi connectivity index (χ3v) is 5.05. The Bertz CT molecular complexity index is 532. The van der Waals surface area contributed by atoms with E-state index in [1.54, 1.807) is 12.1 Å². The molecule has 0 aliphatic carbocycles. The van der Waals surface area contributed by atoms with Gasteiger partial charge in [0.1, 0.15) is 0 Å². The predicted octanol–water partition coefficient (Wildman–Crippen LogP) is 1.87. The third kappa shape index (κ3) is 5.49. The van der Waals surface area contributed by atoms with Gasteiger partial charge < -0.3 is 10.1 Å². The minimum atomic E-state index is -3.53. The number of ether oxygens (including phenoxy) is 1. The summed E-state index contributed by atoms with van der Waals surface area (Å²) in [5, 5.41) is 3.26. The summed E-state index contributed by atoms with van der Waals surface area (Å²) in [6.07, 6.45) is 0. The lowest BCUT2D eigenvalue weighted by Gasteiger charge is -2.12. The van der Waals surface area contributed by atoms with Crippen LogP contribution in [0.2, 0.25) is 0 Å². The van der Waals surface area contributed by atoms with E-state index < -0.39 is 10.0 Å². The lowest BCUT2D eigenvalue weighted by molar-refractivity contribution is 0.204. The van der Waals surface area contributed by atoms with Crippen molar-refractivity contribution in [3.8, 4) is 0 Å². The number of benzene rings is 1. The second kappa shape index (κ2) is 8.09. The van der Waals surface area contributed by atoms with Crippen molar-refractivity contribution in [1.82, 2.24) is 10.0 Å². The number of halogens is 1. The average molecular weight is 365 g/mol. The maximum Gasteiger partial charge on any atom is 0.241 e. The molecule has 1 aromatic carbocycles. The van der Waals surface area contributed by atoms with Crippen molar-refractivity contribution in [2.75, 3.05) is 20.3 Å². The number of sulfonamides is 1. The van der Waals surface area contributed by atoms with Crippen LogP contribution in [0.5, 0.6) is 0 Å². The molecule has 0 saturated carbocycles. The molecule has 20 heavy (non-hydrogen) atoms. The minimum absolute atomic E-state index is 0.247. The Morgan fingerprint density at radius 2 is 2.05 bits per heavy atom. The van der Waals surface area contributed by atoms with E-state index in [-0.39, 0.29) is 11.4 Å². The van der Waals surface area contributed by atoms with Crippen molar-refractivity contribution < 1.29 is 13.2 Å². The van der Waals surface area contributed by atoms with Crippen LogP contribution in [0.25, 0.3) is 0 Å². The number of hydrogen-bond acceptors (Lipinski definition) is 4.